The summed E-state index contributed by atoms with van der Waals surface area (Å²) in [5.74, 6) is 0.756. The van der Waals surface area contributed by atoms with Crippen LogP contribution in [0, 0.1) is 0 Å². The molecule has 0 radical (unpaired) electrons. The Bertz CT molecular complexity index is 511. The van der Waals surface area contributed by atoms with Crippen molar-refractivity contribution in [1.82, 2.24) is 10.3 Å². The Morgan fingerprint density at radius 3 is 2.89 bits per heavy atom. The second kappa shape index (κ2) is 6.36. The van der Waals surface area contributed by atoms with E-state index in [-0.39, 0.29) is 0 Å². The number of ether oxygens (including phenoxy) is 1. The first kappa shape index (κ1) is 12.8. The Morgan fingerprint density at radius 1 is 1.28 bits per heavy atom. The molecule has 0 amide bonds. The Morgan fingerprint density at radius 2 is 2.11 bits per heavy atom. The zero-order valence-corrected chi connectivity index (χ0v) is 11.1. The summed E-state index contributed by atoms with van der Waals surface area (Å²) in [4.78, 5) is 4.58. The number of nitrogens with zero attached hydrogens (tertiary/aromatic N) is 1. The summed E-state index contributed by atoms with van der Waals surface area (Å²) in [5, 5.41) is 5.40. The number of benzene rings is 1. The van der Waals surface area contributed by atoms with E-state index in [9.17, 15) is 0 Å². The predicted octanol–water partition coefficient (Wildman–Crippen LogP) is 3.13. The molecule has 3 nitrogen and oxygen atoms in total. The van der Waals surface area contributed by atoms with Crippen LogP contribution < -0.4 is 10.1 Å². The molecule has 0 bridgehead atoms. The van der Waals surface area contributed by atoms with E-state index in [0.717, 1.165) is 43.0 Å². The molecule has 0 aliphatic rings. The van der Waals surface area contributed by atoms with Gasteiger partial charge in [0.15, 0.2) is 0 Å². The molecule has 1 aromatic heterocycles. The van der Waals surface area contributed by atoms with Crippen LogP contribution in [0.25, 0.3) is 10.8 Å². The third-order valence-corrected chi connectivity index (χ3v) is 2.85. The fourth-order valence-corrected chi connectivity index (χ4v) is 1.91. The van der Waals surface area contributed by atoms with Gasteiger partial charge in [0, 0.05) is 11.9 Å². The lowest BCUT2D eigenvalue weighted by molar-refractivity contribution is 0.301. The van der Waals surface area contributed by atoms with Crippen LogP contribution in [0.2, 0.25) is 0 Å². The van der Waals surface area contributed by atoms with E-state index in [1.165, 1.54) is 5.39 Å². The lowest BCUT2D eigenvalue weighted by Gasteiger charge is -2.10. The highest BCUT2D eigenvalue weighted by atomic mass is 16.5. The standard InChI is InChI=1S/C15H20N2O/c1-3-4-9-18-15-14-8-6-5-7-12(14)10-13(17-15)11-16-2/h5-8,10,16H,3-4,9,11H2,1-2H3. The molecule has 0 spiro atoms. The highest BCUT2D eigenvalue weighted by molar-refractivity contribution is 5.87. The maximum atomic E-state index is 5.81. The molecule has 1 heterocycles. The molecule has 96 valence electrons. The number of nitrogens with one attached hydrogen (secondary N) is 1. The van der Waals surface area contributed by atoms with Gasteiger partial charge in [0.05, 0.1) is 12.3 Å². The third-order valence-electron chi connectivity index (χ3n) is 2.85. The summed E-state index contributed by atoms with van der Waals surface area (Å²) >= 11 is 0. The van der Waals surface area contributed by atoms with E-state index in [1.807, 2.05) is 19.2 Å². The van der Waals surface area contributed by atoms with Crippen LogP contribution in [0.1, 0.15) is 25.5 Å². The van der Waals surface area contributed by atoms with Gasteiger partial charge in [-0.25, -0.2) is 4.98 Å². The monoisotopic (exact) mass is 244 g/mol. The Kier molecular flexibility index (Phi) is 4.53. The molecule has 0 saturated carbocycles. The number of pyridine rings is 1. The van der Waals surface area contributed by atoms with Gasteiger partial charge in [-0.05, 0) is 31.0 Å². The maximum absolute atomic E-state index is 5.81. The van der Waals surface area contributed by atoms with Gasteiger partial charge in [0.2, 0.25) is 5.88 Å². The van der Waals surface area contributed by atoms with E-state index >= 15 is 0 Å². The molecule has 1 aromatic carbocycles. The summed E-state index contributed by atoms with van der Waals surface area (Å²) in [6.45, 7) is 3.65. The minimum absolute atomic E-state index is 0.733. The van der Waals surface area contributed by atoms with Gasteiger partial charge in [-0.3, -0.25) is 0 Å². The molecule has 3 heteroatoms. The van der Waals surface area contributed by atoms with Crippen molar-refractivity contribution in [3.8, 4) is 5.88 Å². The first-order valence-electron chi connectivity index (χ1n) is 6.51. The third kappa shape index (κ3) is 2.99. The second-order valence-corrected chi connectivity index (χ2v) is 4.37. The molecule has 0 saturated heterocycles. The van der Waals surface area contributed by atoms with Gasteiger partial charge in [-0.1, -0.05) is 31.5 Å². The Balaban J connectivity index is 2.34. The molecule has 18 heavy (non-hydrogen) atoms. The van der Waals surface area contributed by atoms with Gasteiger partial charge in [0.1, 0.15) is 0 Å². The minimum Gasteiger partial charge on any atom is -0.477 e. The van der Waals surface area contributed by atoms with Gasteiger partial charge < -0.3 is 10.1 Å². The molecule has 0 aliphatic carbocycles. The zero-order valence-electron chi connectivity index (χ0n) is 11.1. The fraction of sp³-hybridized carbons (Fsp3) is 0.400. The number of aromatic nitrogens is 1. The normalized spacial score (nSPS) is 10.8. The van der Waals surface area contributed by atoms with Crippen molar-refractivity contribution in [3.63, 3.8) is 0 Å². The number of hydrogen-bond acceptors (Lipinski definition) is 3. The van der Waals surface area contributed by atoms with Crippen molar-refractivity contribution in [1.29, 1.82) is 0 Å². The summed E-state index contributed by atoms with van der Waals surface area (Å²) in [6, 6.07) is 10.3. The molecule has 0 aliphatic heterocycles. The molecular formula is C15H20N2O. The number of fused-ring (bicyclic) bond motifs is 1. The van der Waals surface area contributed by atoms with Gasteiger partial charge in [-0.2, -0.15) is 0 Å². The zero-order chi connectivity index (χ0) is 12.8. The average molecular weight is 244 g/mol. The van der Waals surface area contributed by atoms with Crippen LogP contribution in [0.5, 0.6) is 5.88 Å². The van der Waals surface area contributed by atoms with E-state index in [4.69, 9.17) is 4.74 Å². The molecule has 1 N–H and O–H groups in total. The molecule has 2 aromatic rings. The first-order valence-corrected chi connectivity index (χ1v) is 6.51. The van der Waals surface area contributed by atoms with Crippen molar-refractivity contribution in [2.75, 3.05) is 13.7 Å². The maximum Gasteiger partial charge on any atom is 0.221 e. The highest BCUT2D eigenvalue weighted by Gasteiger charge is 2.06. The van der Waals surface area contributed by atoms with Crippen LogP contribution >= 0.6 is 0 Å². The Hall–Kier alpha value is -1.61. The summed E-state index contributed by atoms with van der Waals surface area (Å²) in [5.41, 5.74) is 1.02. The topological polar surface area (TPSA) is 34.1 Å². The minimum atomic E-state index is 0.733. The molecule has 0 unspecified atom stereocenters. The van der Waals surface area contributed by atoms with E-state index in [0.29, 0.717) is 0 Å². The second-order valence-electron chi connectivity index (χ2n) is 4.37. The van der Waals surface area contributed by atoms with Crippen LogP contribution in [0.3, 0.4) is 0 Å². The molecular weight excluding hydrogens is 224 g/mol. The summed E-state index contributed by atoms with van der Waals surface area (Å²) in [6.07, 6.45) is 2.19. The molecule has 2 rings (SSSR count). The van der Waals surface area contributed by atoms with Crippen LogP contribution in [-0.2, 0) is 6.54 Å². The number of unbranched alkanes of at least 4 members (excludes halogenated alkanes) is 1. The average Bonchev–Trinajstić information content (AvgIpc) is 2.39. The first-order chi connectivity index (χ1) is 8.85. The largest absolute Gasteiger partial charge is 0.477 e. The van der Waals surface area contributed by atoms with Gasteiger partial charge >= 0.3 is 0 Å². The van der Waals surface area contributed by atoms with Crippen molar-refractivity contribution >= 4 is 10.8 Å². The smallest absolute Gasteiger partial charge is 0.221 e. The highest BCUT2D eigenvalue weighted by Crippen LogP contribution is 2.24. The fourth-order valence-electron chi connectivity index (χ4n) is 1.91. The van der Waals surface area contributed by atoms with Crippen molar-refractivity contribution in [2.24, 2.45) is 0 Å². The van der Waals surface area contributed by atoms with Crippen molar-refractivity contribution < 1.29 is 4.74 Å². The molecule has 0 atom stereocenters. The van der Waals surface area contributed by atoms with Crippen LogP contribution in [0.4, 0.5) is 0 Å². The lowest BCUT2D eigenvalue weighted by Crippen LogP contribution is -2.08. The Labute approximate surface area is 108 Å². The van der Waals surface area contributed by atoms with Crippen LogP contribution in [-0.4, -0.2) is 18.6 Å². The van der Waals surface area contributed by atoms with Gasteiger partial charge in [-0.15, -0.1) is 0 Å². The van der Waals surface area contributed by atoms with Crippen molar-refractivity contribution in [3.05, 3.63) is 36.0 Å². The predicted molar refractivity (Wildman–Crippen MR) is 74.9 cm³/mol. The SMILES string of the molecule is CCCCOc1nc(CNC)cc2ccccc12. The number of rotatable bonds is 6. The molecule has 0 fully saturated rings. The summed E-state index contributed by atoms with van der Waals surface area (Å²) in [7, 11) is 1.93. The van der Waals surface area contributed by atoms with Crippen molar-refractivity contribution in [2.45, 2.75) is 26.3 Å². The van der Waals surface area contributed by atoms with Crippen LogP contribution in [0.15, 0.2) is 30.3 Å². The lowest BCUT2D eigenvalue weighted by atomic mass is 10.1. The van der Waals surface area contributed by atoms with E-state index in [2.05, 4.69) is 35.4 Å². The number of hydrogen-bond donors (Lipinski definition) is 1. The quantitative estimate of drug-likeness (QED) is 0.793. The van der Waals surface area contributed by atoms with Gasteiger partial charge in [0.25, 0.3) is 0 Å². The van der Waals surface area contributed by atoms with E-state index < -0.39 is 0 Å². The summed E-state index contributed by atoms with van der Waals surface area (Å²) < 4.78 is 5.81. The van der Waals surface area contributed by atoms with E-state index in [1.54, 1.807) is 0 Å².